The van der Waals surface area contributed by atoms with Gasteiger partial charge in [0.2, 0.25) is 11.8 Å². The first-order valence-electron chi connectivity index (χ1n) is 12.2. The smallest absolute Gasteiger partial charge is 0.243 e. The molecule has 2 amide bonds. The lowest BCUT2D eigenvalue weighted by atomic mass is 10.0. The average Bonchev–Trinajstić information content (AvgIpc) is 2.83. The zero-order valence-electron chi connectivity index (χ0n) is 21.8. The molecule has 0 aliphatic heterocycles. The second kappa shape index (κ2) is 13.4. The van der Waals surface area contributed by atoms with Crippen molar-refractivity contribution in [2.45, 2.75) is 58.0 Å². The highest BCUT2D eigenvalue weighted by Crippen LogP contribution is 2.25. The van der Waals surface area contributed by atoms with Crippen molar-refractivity contribution in [2.24, 2.45) is 0 Å². The zero-order chi connectivity index (χ0) is 27.0. The van der Waals surface area contributed by atoms with Gasteiger partial charge in [-0.1, -0.05) is 89.4 Å². The molecule has 0 aliphatic rings. The number of aryl methyl sites for hydroxylation is 1. The molecular weight excluding hydrogens is 523 g/mol. The van der Waals surface area contributed by atoms with Crippen molar-refractivity contribution in [1.29, 1.82) is 0 Å². The Kier molecular flexibility index (Phi) is 10.5. The van der Waals surface area contributed by atoms with Gasteiger partial charge in [0.15, 0.2) is 0 Å². The lowest BCUT2D eigenvalue weighted by molar-refractivity contribution is -0.140. The Labute approximate surface area is 234 Å². The van der Waals surface area contributed by atoms with Gasteiger partial charge in [-0.3, -0.25) is 9.59 Å². The van der Waals surface area contributed by atoms with E-state index in [-0.39, 0.29) is 24.1 Å². The van der Waals surface area contributed by atoms with Crippen LogP contribution in [-0.4, -0.2) is 34.0 Å². The summed E-state index contributed by atoms with van der Waals surface area (Å²) in [5.74, 6) is 0.637. The summed E-state index contributed by atoms with van der Waals surface area (Å²) in [6.07, 6.45) is 0.391. The molecule has 1 N–H and O–H groups in total. The van der Waals surface area contributed by atoms with Gasteiger partial charge < -0.3 is 10.2 Å². The summed E-state index contributed by atoms with van der Waals surface area (Å²) in [6.45, 7) is 8.06. The Morgan fingerprint density at radius 3 is 2.24 bits per heavy atom. The molecule has 0 saturated carbocycles. The topological polar surface area (TPSA) is 49.4 Å². The summed E-state index contributed by atoms with van der Waals surface area (Å²) in [6, 6.07) is 22.6. The summed E-state index contributed by atoms with van der Waals surface area (Å²) in [5, 5.41) is 4.06. The Balaban J connectivity index is 1.89. The number of hydrogen-bond donors (Lipinski definition) is 1. The molecule has 0 fully saturated rings. The normalized spacial score (nSPS) is 12.2. The van der Waals surface area contributed by atoms with E-state index in [9.17, 15) is 9.59 Å². The maximum atomic E-state index is 13.7. The maximum absolute atomic E-state index is 13.7. The second-order valence-corrected chi connectivity index (χ2v) is 12.0. The highest BCUT2D eigenvalue weighted by Gasteiger charge is 2.32. The van der Waals surface area contributed by atoms with Crippen LogP contribution in [0.5, 0.6) is 0 Å². The number of carbonyl (C=O) groups is 2. The molecule has 196 valence electrons. The summed E-state index contributed by atoms with van der Waals surface area (Å²) in [4.78, 5) is 29.0. The Morgan fingerprint density at radius 2 is 1.62 bits per heavy atom. The van der Waals surface area contributed by atoms with Crippen LogP contribution in [0.3, 0.4) is 0 Å². The van der Waals surface area contributed by atoms with Crippen LogP contribution in [0, 0.1) is 6.92 Å². The summed E-state index contributed by atoms with van der Waals surface area (Å²) < 4.78 is 0. The third-order valence-electron chi connectivity index (χ3n) is 5.74. The third kappa shape index (κ3) is 9.41. The van der Waals surface area contributed by atoms with Gasteiger partial charge in [-0.2, -0.15) is 0 Å². The molecule has 3 rings (SSSR count). The SMILES string of the molecule is Cc1ccc(CSCC(=O)N(Cc2ccc(Cl)cc2Cl)[C@@H](Cc2ccccc2)C(=O)NC(C)(C)C)cc1. The Hall–Kier alpha value is -2.47. The van der Waals surface area contributed by atoms with Crippen molar-refractivity contribution in [3.63, 3.8) is 0 Å². The van der Waals surface area contributed by atoms with Crippen LogP contribution in [0.2, 0.25) is 10.0 Å². The van der Waals surface area contributed by atoms with Crippen LogP contribution in [-0.2, 0) is 28.3 Å². The number of halogens is 2. The van der Waals surface area contributed by atoms with E-state index in [2.05, 4.69) is 36.5 Å². The lowest BCUT2D eigenvalue weighted by Crippen LogP contribution is -2.54. The fraction of sp³-hybridized carbons (Fsp3) is 0.333. The minimum atomic E-state index is -0.708. The molecule has 4 nitrogen and oxygen atoms in total. The Morgan fingerprint density at radius 1 is 0.946 bits per heavy atom. The molecule has 1 atom stereocenters. The molecule has 0 aliphatic carbocycles. The van der Waals surface area contributed by atoms with Gasteiger partial charge in [0.05, 0.1) is 5.75 Å². The number of rotatable bonds is 10. The molecule has 0 saturated heterocycles. The van der Waals surface area contributed by atoms with E-state index in [1.807, 2.05) is 57.2 Å². The highest BCUT2D eigenvalue weighted by atomic mass is 35.5. The fourth-order valence-corrected chi connectivity index (χ4v) is 5.20. The highest BCUT2D eigenvalue weighted by molar-refractivity contribution is 7.99. The van der Waals surface area contributed by atoms with Crippen LogP contribution in [0.15, 0.2) is 72.8 Å². The van der Waals surface area contributed by atoms with Gasteiger partial charge in [0, 0.05) is 34.3 Å². The van der Waals surface area contributed by atoms with E-state index in [1.54, 1.807) is 17.0 Å². The van der Waals surface area contributed by atoms with E-state index in [1.165, 1.54) is 17.3 Å². The molecular formula is C30H34Cl2N2O2S. The van der Waals surface area contributed by atoms with Crippen molar-refractivity contribution in [1.82, 2.24) is 10.2 Å². The molecule has 0 heterocycles. The van der Waals surface area contributed by atoms with Crippen molar-refractivity contribution in [2.75, 3.05) is 5.75 Å². The number of thioether (sulfide) groups is 1. The van der Waals surface area contributed by atoms with Crippen molar-refractivity contribution >= 4 is 46.8 Å². The van der Waals surface area contributed by atoms with Crippen molar-refractivity contribution in [3.05, 3.63) is 105 Å². The third-order valence-corrected chi connectivity index (χ3v) is 7.32. The molecule has 37 heavy (non-hydrogen) atoms. The minimum Gasteiger partial charge on any atom is -0.350 e. The Bertz CT molecular complexity index is 1190. The van der Waals surface area contributed by atoms with E-state index >= 15 is 0 Å². The fourth-order valence-electron chi connectivity index (χ4n) is 3.86. The lowest BCUT2D eigenvalue weighted by Gasteiger charge is -2.34. The van der Waals surface area contributed by atoms with Gasteiger partial charge in [-0.15, -0.1) is 11.8 Å². The molecule has 7 heteroatoms. The molecule has 0 radical (unpaired) electrons. The molecule has 0 spiro atoms. The van der Waals surface area contributed by atoms with Gasteiger partial charge >= 0.3 is 0 Å². The zero-order valence-corrected chi connectivity index (χ0v) is 24.1. The molecule has 3 aromatic carbocycles. The molecule has 0 bridgehead atoms. The van der Waals surface area contributed by atoms with Gasteiger partial charge in [-0.05, 0) is 56.5 Å². The van der Waals surface area contributed by atoms with E-state index in [0.717, 1.165) is 16.7 Å². The van der Waals surface area contributed by atoms with Gasteiger partial charge in [0.1, 0.15) is 6.04 Å². The second-order valence-electron chi connectivity index (χ2n) is 10.2. The number of benzene rings is 3. The molecule has 0 unspecified atom stereocenters. The minimum absolute atomic E-state index is 0.117. The van der Waals surface area contributed by atoms with Crippen molar-refractivity contribution < 1.29 is 9.59 Å². The van der Waals surface area contributed by atoms with Gasteiger partial charge in [-0.25, -0.2) is 0 Å². The number of carbonyl (C=O) groups excluding carboxylic acids is 2. The van der Waals surface area contributed by atoms with E-state index in [0.29, 0.717) is 22.2 Å². The first kappa shape index (κ1) is 29.1. The number of nitrogens with one attached hydrogen (secondary N) is 1. The quantitative estimate of drug-likeness (QED) is 0.290. The van der Waals surface area contributed by atoms with Crippen LogP contribution in [0.25, 0.3) is 0 Å². The average molecular weight is 558 g/mol. The standard InChI is InChI=1S/C30H34Cl2N2O2S/c1-21-10-12-23(13-11-21)19-37-20-28(35)34(18-24-14-15-25(31)17-26(24)32)27(29(36)33-30(2,3)4)16-22-8-6-5-7-9-22/h5-15,17,27H,16,18-20H2,1-4H3,(H,33,36)/t27-/m0/s1. The number of hydrogen-bond acceptors (Lipinski definition) is 3. The van der Waals surface area contributed by atoms with Crippen LogP contribution in [0.1, 0.15) is 43.0 Å². The summed E-state index contributed by atoms with van der Waals surface area (Å²) in [7, 11) is 0. The predicted molar refractivity (Wildman–Crippen MR) is 156 cm³/mol. The monoisotopic (exact) mass is 556 g/mol. The first-order chi connectivity index (χ1) is 17.5. The summed E-state index contributed by atoms with van der Waals surface area (Å²) >= 11 is 14.1. The van der Waals surface area contributed by atoms with Crippen LogP contribution in [0.4, 0.5) is 0 Å². The van der Waals surface area contributed by atoms with Crippen LogP contribution < -0.4 is 5.32 Å². The summed E-state index contributed by atoms with van der Waals surface area (Å²) in [5.41, 5.74) is 3.62. The van der Waals surface area contributed by atoms with E-state index in [4.69, 9.17) is 23.2 Å². The molecule has 0 aromatic heterocycles. The number of nitrogens with zero attached hydrogens (tertiary/aromatic N) is 1. The predicted octanol–water partition coefficient (Wildman–Crippen LogP) is 7.09. The molecule has 3 aromatic rings. The van der Waals surface area contributed by atoms with Gasteiger partial charge in [0.25, 0.3) is 0 Å². The van der Waals surface area contributed by atoms with Crippen molar-refractivity contribution in [3.8, 4) is 0 Å². The van der Waals surface area contributed by atoms with Crippen LogP contribution >= 0.6 is 35.0 Å². The number of amides is 2. The first-order valence-corrected chi connectivity index (χ1v) is 14.2. The largest absolute Gasteiger partial charge is 0.350 e. The van der Waals surface area contributed by atoms with E-state index < -0.39 is 11.6 Å². The maximum Gasteiger partial charge on any atom is 0.243 e.